The van der Waals surface area contributed by atoms with Crippen LogP contribution in [0.5, 0.6) is 5.75 Å². The van der Waals surface area contributed by atoms with Crippen molar-refractivity contribution >= 4 is 40.5 Å². The number of hydrogen-bond donors (Lipinski definition) is 1. The molecule has 1 heterocycles. The van der Waals surface area contributed by atoms with Gasteiger partial charge in [-0.15, -0.1) is 0 Å². The fourth-order valence-corrected chi connectivity index (χ4v) is 3.64. The van der Waals surface area contributed by atoms with Gasteiger partial charge in [0, 0.05) is 49.8 Å². The zero-order chi connectivity index (χ0) is 23.3. The summed E-state index contributed by atoms with van der Waals surface area (Å²) in [6.45, 7) is 5.88. The van der Waals surface area contributed by atoms with Crippen molar-refractivity contribution in [2.45, 2.75) is 20.3 Å². The van der Waals surface area contributed by atoms with Gasteiger partial charge in [-0.2, -0.15) is 0 Å². The van der Waals surface area contributed by atoms with Gasteiger partial charge in [0.05, 0.1) is 17.2 Å². The third kappa shape index (κ3) is 5.47. The summed E-state index contributed by atoms with van der Waals surface area (Å²) in [6, 6.07) is 9.28. The maximum atomic E-state index is 12.8. The van der Waals surface area contributed by atoms with Crippen molar-refractivity contribution in [1.82, 2.24) is 4.90 Å². The molecule has 10 heteroatoms. The monoisotopic (exact) mass is 460 g/mol. The summed E-state index contributed by atoms with van der Waals surface area (Å²) in [4.78, 5) is 39.2. The van der Waals surface area contributed by atoms with Crippen LogP contribution < -0.4 is 15.0 Å². The predicted molar refractivity (Wildman–Crippen MR) is 123 cm³/mol. The van der Waals surface area contributed by atoms with Crippen LogP contribution in [0.1, 0.15) is 30.6 Å². The smallest absolute Gasteiger partial charge is 0.293 e. The lowest BCUT2D eigenvalue weighted by molar-refractivity contribution is -0.384. The summed E-state index contributed by atoms with van der Waals surface area (Å²) >= 11 is 6.06. The van der Waals surface area contributed by atoms with Crippen LogP contribution in [-0.2, 0) is 4.79 Å². The number of ether oxygens (including phenoxy) is 1. The molecule has 1 aliphatic rings. The summed E-state index contributed by atoms with van der Waals surface area (Å²) in [5.74, 6) is -0.0572. The molecule has 0 aromatic heterocycles. The number of nitro benzene ring substituents is 1. The molecule has 2 amide bonds. The zero-order valence-corrected chi connectivity index (χ0v) is 18.7. The van der Waals surface area contributed by atoms with Gasteiger partial charge in [0.1, 0.15) is 11.4 Å². The van der Waals surface area contributed by atoms with Crippen molar-refractivity contribution in [3.05, 3.63) is 57.1 Å². The maximum Gasteiger partial charge on any atom is 0.293 e. The Labute approximate surface area is 191 Å². The van der Waals surface area contributed by atoms with E-state index in [1.54, 1.807) is 35.2 Å². The van der Waals surface area contributed by atoms with Gasteiger partial charge >= 0.3 is 0 Å². The molecule has 0 radical (unpaired) electrons. The van der Waals surface area contributed by atoms with Crippen molar-refractivity contribution in [2.75, 3.05) is 43.0 Å². The van der Waals surface area contributed by atoms with E-state index in [-0.39, 0.29) is 17.2 Å². The van der Waals surface area contributed by atoms with Crippen LogP contribution in [-0.4, -0.2) is 54.4 Å². The Balaban J connectivity index is 1.82. The summed E-state index contributed by atoms with van der Waals surface area (Å²) in [7, 11) is 0. The molecule has 0 bridgehead atoms. The van der Waals surface area contributed by atoms with Crippen molar-refractivity contribution in [3.8, 4) is 5.75 Å². The number of piperazine rings is 1. The first-order chi connectivity index (χ1) is 15.3. The summed E-state index contributed by atoms with van der Waals surface area (Å²) < 4.78 is 5.65. The minimum Gasteiger partial charge on any atom is -0.491 e. The highest BCUT2D eigenvalue weighted by Gasteiger charge is 2.26. The van der Waals surface area contributed by atoms with Crippen molar-refractivity contribution < 1.29 is 19.2 Å². The topological polar surface area (TPSA) is 105 Å². The normalized spacial score (nSPS) is 13.6. The third-order valence-corrected chi connectivity index (χ3v) is 5.39. The average molecular weight is 461 g/mol. The summed E-state index contributed by atoms with van der Waals surface area (Å²) in [5.41, 5.74) is 0.791. The van der Waals surface area contributed by atoms with Gasteiger partial charge in [0.25, 0.3) is 11.6 Å². The molecule has 0 atom stereocenters. The van der Waals surface area contributed by atoms with Crippen molar-refractivity contribution in [1.29, 1.82) is 0 Å². The molecule has 0 spiro atoms. The maximum absolute atomic E-state index is 12.8. The molecule has 2 aromatic carbocycles. The molecule has 1 aliphatic heterocycles. The van der Waals surface area contributed by atoms with Gasteiger partial charge in [-0.3, -0.25) is 19.7 Å². The number of hydrogen-bond acceptors (Lipinski definition) is 6. The van der Waals surface area contributed by atoms with E-state index in [2.05, 4.69) is 5.32 Å². The van der Waals surface area contributed by atoms with E-state index in [4.69, 9.17) is 16.3 Å². The Kier molecular flexibility index (Phi) is 7.53. The summed E-state index contributed by atoms with van der Waals surface area (Å²) in [6.07, 6.45) is 0.796. The number of nitro groups is 1. The molecule has 3 rings (SSSR count). The van der Waals surface area contributed by atoms with Crippen LogP contribution in [0, 0.1) is 10.1 Å². The Morgan fingerprint density at radius 2 is 1.88 bits per heavy atom. The van der Waals surface area contributed by atoms with Crippen LogP contribution in [0.15, 0.2) is 36.4 Å². The largest absolute Gasteiger partial charge is 0.491 e. The fraction of sp³-hybridized carbons (Fsp3) is 0.364. The number of anilines is 2. The van der Waals surface area contributed by atoms with Crippen LogP contribution in [0.2, 0.25) is 5.02 Å². The quantitative estimate of drug-likeness (QED) is 0.495. The SMILES string of the molecule is CCCOc1ccc(Cl)cc1NC(=O)c1ccc(N2CCN(C(C)=O)CC2)c([N+](=O)[O-])c1. The minimum atomic E-state index is -0.510. The molecule has 1 fully saturated rings. The van der Waals surface area contributed by atoms with Gasteiger partial charge in [-0.05, 0) is 36.8 Å². The molecule has 0 saturated carbocycles. The Bertz CT molecular complexity index is 1020. The van der Waals surface area contributed by atoms with E-state index in [0.717, 1.165) is 6.42 Å². The van der Waals surface area contributed by atoms with Crippen LogP contribution in [0.25, 0.3) is 0 Å². The first kappa shape index (κ1) is 23.3. The molecular weight excluding hydrogens is 436 g/mol. The molecule has 0 aliphatic carbocycles. The number of carbonyl (C=O) groups excluding carboxylic acids is 2. The van der Waals surface area contributed by atoms with Crippen LogP contribution >= 0.6 is 11.6 Å². The first-order valence-electron chi connectivity index (χ1n) is 10.3. The fourth-order valence-electron chi connectivity index (χ4n) is 3.47. The highest BCUT2D eigenvalue weighted by Crippen LogP contribution is 2.32. The second-order valence-corrected chi connectivity index (χ2v) is 7.83. The molecule has 170 valence electrons. The number of carbonyl (C=O) groups is 2. The van der Waals surface area contributed by atoms with Crippen LogP contribution in [0.3, 0.4) is 0 Å². The Hall–Kier alpha value is -3.33. The highest BCUT2D eigenvalue weighted by atomic mass is 35.5. The third-order valence-electron chi connectivity index (χ3n) is 5.15. The van der Waals surface area contributed by atoms with Gasteiger partial charge in [-0.1, -0.05) is 18.5 Å². The molecule has 32 heavy (non-hydrogen) atoms. The average Bonchev–Trinajstić information content (AvgIpc) is 2.78. The van der Waals surface area contributed by atoms with Gasteiger partial charge in [-0.25, -0.2) is 0 Å². The number of halogens is 1. The lowest BCUT2D eigenvalue weighted by Crippen LogP contribution is -2.48. The Morgan fingerprint density at radius 3 is 2.50 bits per heavy atom. The van der Waals surface area contributed by atoms with E-state index in [9.17, 15) is 19.7 Å². The Morgan fingerprint density at radius 1 is 1.16 bits per heavy atom. The zero-order valence-electron chi connectivity index (χ0n) is 18.0. The second-order valence-electron chi connectivity index (χ2n) is 7.40. The lowest BCUT2D eigenvalue weighted by atomic mass is 10.1. The minimum absolute atomic E-state index is 0.0190. The standard InChI is InChI=1S/C22H25ClN4O5/c1-3-12-32-21-7-5-17(23)14-18(21)24-22(29)16-4-6-19(20(13-16)27(30)31)26-10-8-25(9-11-26)15(2)28/h4-7,13-14H,3,8-12H2,1-2H3,(H,24,29). The van der Waals surface area contributed by atoms with E-state index < -0.39 is 10.8 Å². The van der Waals surface area contributed by atoms with E-state index >= 15 is 0 Å². The number of benzene rings is 2. The highest BCUT2D eigenvalue weighted by molar-refractivity contribution is 6.31. The molecule has 2 aromatic rings. The van der Waals surface area contributed by atoms with Gasteiger partial charge in [0.2, 0.25) is 5.91 Å². The summed E-state index contributed by atoms with van der Waals surface area (Å²) in [5, 5.41) is 14.9. The lowest BCUT2D eigenvalue weighted by Gasteiger charge is -2.35. The number of amides is 2. The second kappa shape index (κ2) is 10.3. The van der Waals surface area contributed by atoms with Crippen molar-refractivity contribution in [3.63, 3.8) is 0 Å². The number of nitrogens with one attached hydrogen (secondary N) is 1. The van der Waals surface area contributed by atoms with E-state index in [1.807, 2.05) is 11.8 Å². The first-order valence-corrected chi connectivity index (χ1v) is 10.7. The molecule has 0 unspecified atom stereocenters. The van der Waals surface area contributed by atoms with Crippen molar-refractivity contribution in [2.24, 2.45) is 0 Å². The molecular formula is C22H25ClN4O5. The van der Waals surface area contributed by atoms with Gasteiger partial charge < -0.3 is 19.9 Å². The predicted octanol–water partition coefficient (Wildman–Crippen LogP) is 3.96. The van der Waals surface area contributed by atoms with E-state index in [1.165, 1.54) is 13.0 Å². The molecule has 9 nitrogen and oxygen atoms in total. The van der Waals surface area contributed by atoms with E-state index in [0.29, 0.717) is 54.9 Å². The molecule has 1 saturated heterocycles. The van der Waals surface area contributed by atoms with Crippen LogP contribution in [0.4, 0.5) is 17.1 Å². The number of rotatable bonds is 7. The molecule has 1 N–H and O–H groups in total. The number of nitrogens with zero attached hydrogens (tertiary/aromatic N) is 3. The van der Waals surface area contributed by atoms with Gasteiger partial charge in [0.15, 0.2) is 0 Å².